The second kappa shape index (κ2) is 13.8. The molecule has 2 aliphatic heterocycles. The lowest BCUT2D eigenvalue weighted by Gasteiger charge is -2.34. The number of hydrogen-bond acceptors (Lipinski definition) is 5. The Morgan fingerprint density at radius 3 is 2.48 bits per heavy atom. The smallest absolute Gasteiger partial charge is 0.256 e. The summed E-state index contributed by atoms with van der Waals surface area (Å²) in [6.45, 7) is 14.8. The quantitative estimate of drug-likeness (QED) is 0.349. The molecule has 2 amide bonds. The first kappa shape index (κ1) is 32.1. The number of rotatable bonds is 10. The highest BCUT2D eigenvalue weighted by Crippen LogP contribution is 2.33. The zero-order chi connectivity index (χ0) is 31.5. The van der Waals surface area contributed by atoms with Gasteiger partial charge in [0.1, 0.15) is 5.82 Å². The Labute approximate surface area is 260 Å². The van der Waals surface area contributed by atoms with Gasteiger partial charge in [-0.25, -0.2) is 4.39 Å². The summed E-state index contributed by atoms with van der Waals surface area (Å²) in [5.41, 5.74) is 4.07. The van der Waals surface area contributed by atoms with Crippen molar-refractivity contribution in [2.24, 2.45) is 17.8 Å². The van der Waals surface area contributed by atoms with Gasteiger partial charge >= 0.3 is 0 Å². The molecule has 2 aromatic heterocycles. The predicted octanol–water partition coefficient (Wildman–Crippen LogP) is 5.07. The van der Waals surface area contributed by atoms with Crippen molar-refractivity contribution in [2.45, 2.75) is 66.3 Å². The molecule has 2 fully saturated rings. The molecule has 2 aliphatic rings. The Bertz CT molecular complexity index is 1480. The van der Waals surface area contributed by atoms with Crippen LogP contribution in [-0.2, 0) is 11.2 Å². The van der Waals surface area contributed by atoms with Crippen LogP contribution in [0.1, 0.15) is 68.4 Å². The number of halogens is 1. The van der Waals surface area contributed by atoms with E-state index in [-0.39, 0.29) is 42.5 Å². The van der Waals surface area contributed by atoms with Gasteiger partial charge in [-0.3, -0.25) is 14.6 Å². The van der Waals surface area contributed by atoms with Crippen LogP contribution in [0.4, 0.5) is 4.39 Å². The Morgan fingerprint density at radius 1 is 1.07 bits per heavy atom. The number of nitrogens with zero attached hydrogens (tertiary/aromatic N) is 5. The fourth-order valence-corrected chi connectivity index (χ4v) is 7.16. The van der Waals surface area contributed by atoms with E-state index < -0.39 is 5.82 Å². The van der Waals surface area contributed by atoms with E-state index in [4.69, 9.17) is 0 Å². The van der Waals surface area contributed by atoms with Gasteiger partial charge in [0.25, 0.3) is 5.91 Å². The van der Waals surface area contributed by atoms with Crippen molar-refractivity contribution in [3.05, 3.63) is 59.3 Å². The van der Waals surface area contributed by atoms with Crippen molar-refractivity contribution >= 4 is 22.7 Å². The molecule has 0 spiro atoms. The lowest BCUT2D eigenvalue weighted by molar-refractivity contribution is -0.135. The second-order valence-corrected chi connectivity index (χ2v) is 13.4. The van der Waals surface area contributed by atoms with Crippen molar-refractivity contribution in [1.29, 1.82) is 0 Å². The number of aryl methyl sites for hydroxylation is 1. The first-order valence-corrected chi connectivity index (χ1v) is 16.2. The van der Waals surface area contributed by atoms with Crippen LogP contribution in [0.5, 0.6) is 0 Å². The summed E-state index contributed by atoms with van der Waals surface area (Å²) in [7, 11) is 0. The topological polar surface area (TPSA) is 81.9 Å². The van der Waals surface area contributed by atoms with Crippen LogP contribution in [0.3, 0.4) is 0 Å². The van der Waals surface area contributed by atoms with Gasteiger partial charge in [-0.15, -0.1) is 0 Å². The van der Waals surface area contributed by atoms with Crippen LogP contribution in [0.2, 0.25) is 0 Å². The molecule has 9 heteroatoms. The number of piperidine rings is 1. The molecule has 1 atom stereocenters. The van der Waals surface area contributed by atoms with Gasteiger partial charge in [-0.2, -0.15) is 0 Å². The lowest BCUT2D eigenvalue weighted by Crippen LogP contribution is -2.42. The van der Waals surface area contributed by atoms with Crippen molar-refractivity contribution in [2.75, 3.05) is 45.9 Å². The molecule has 0 radical (unpaired) electrons. The highest BCUT2D eigenvalue weighted by molar-refractivity contribution is 5.99. The van der Waals surface area contributed by atoms with E-state index in [1.54, 1.807) is 11.0 Å². The average Bonchev–Trinajstić information content (AvgIpc) is 3.60. The minimum atomic E-state index is -0.473. The number of carbonyl (C=O) groups excluding carboxylic acids is 2. The van der Waals surface area contributed by atoms with Crippen LogP contribution in [0.25, 0.3) is 16.6 Å². The maximum absolute atomic E-state index is 14.6. The van der Waals surface area contributed by atoms with Gasteiger partial charge in [0.2, 0.25) is 5.91 Å². The molecule has 2 saturated heterocycles. The molecule has 0 unspecified atom stereocenters. The van der Waals surface area contributed by atoms with E-state index >= 15 is 0 Å². The zero-order valence-electron chi connectivity index (χ0n) is 26.9. The van der Waals surface area contributed by atoms with Crippen molar-refractivity contribution in [1.82, 2.24) is 24.3 Å². The number of aromatic nitrogens is 2. The third-order valence-corrected chi connectivity index (χ3v) is 9.47. The highest BCUT2D eigenvalue weighted by atomic mass is 19.1. The molecule has 8 nitrogen and oxygen atoms in total. The number of hydrogen-bond donors (Lipinski definition) is 1. The average molecular weight is 606 g/mol. The number of aliphatic hydroxyl groups excluding tert-OH is 1. The molecule has 4 heterocycles. The van der Waals surface area contributed by atoms with E-state index in [1.807, 2.05) is 49.6 Å². The number of likely N-dealkylation sites (tertiary alicyclic amines) is 2. The maximum Gasteiger partial charge on any atom is 0.256 e. The fourth-order valence-electron chi connectivity index (χ4n) is 7.16. The Hall–Kier alpha value is -3.30. The first-order valence-electron chi connectivity index (χ1n) is 16.2. The molecule has 1 aromatic carbocycles. The predicted molar refractivity (Wildman–Crippen MR) is 171 cm³/mol. The summed E-state index contributed by atoms with van der Waals surface area (Å²) < 4.78 is 16.5. The molecule has 5 rings (SSSR count). The Kier molecular flexibility index (Phi) is 10.1. The summed E-state index contributed by atoms with van der Waals surface area (Å²) in [6, 6.07) is 4.22. The molecule has 0 saturated carbocycles. The summed E-state index contributed by atoms with van der Waals surface area (Å²) in [6.07, 6.45) is 10.0. The molecular formula is C35H48FN5O3. The maximum atomic E-state index is 14.6. The van der Waals surface area contributed by atoms with Crippen LogP contribution in [0, 0.1) is 30.5 Å². The number of aliphatic hydroxyl groups is 1. The number of pyridine rings is 1. The zero-order valence-corrected chi connectivity index (χ0v) is 26.9. The summed E-state index contributed by atoms with van der Waals surface area (Å²) >= 11 is 0. The molecule has 44 heavy (non-hydrogen) atoms. The Morgan fingerprint density at radius 2 is 1.80 bits per heavy atom. The van der Waals surface area contributed by atoms with Gasteiger partial charge in [0.05, 0.1) is 29.6 Å². The monoisotopic (exact) mass is 605 g/mol. The van der Waals surface area contributed by atoms with E-state index in [1.165, 1.54) is 17.7 Å². The van der Waals surface area contributed by atoms with E-state index in [9.17, 15) is 19.1 Å². The molecule has 3 aromatic rings. The van der Waals surface area contributed by atoms with Gasteiger partial charge in [0, 0.05) is 62.5 Å². The minimum absolute atomic E-state index is 0.0624. The summed E-state index contributed by atoms with van der Waals surface area (Å²) in [5, 5.41) is 10.7. The lowest BCUT2D eigenvalue weighted by atomic mass is 9.95. The van der Waals surface area contributed by atoms with Crippen LogP contribution >= 0.6 is 0 Å². The van der Waals surface area contributed by atoms with Crippen LogP contribution < -0.4 is 0 Å². The molecule has 1 N–H and O–H groups in total. The van der Waals surface area contributed by atoms with E-state index in [0.29, 0.717) is 17.5 Å². The largest absolute Gasteiger partial charge is 0.395 e. The van der Waals surface area contributed by atoms with Gasteiger partial charge in [0.15, 0.2) is 0 Å². The second-order valence-electron chi connectivity index (χ2n) is 13.4. The van der Waals surface area contributed by atoms with Crippen LogP contribution in [-0.4, -0.2) is 93.1 Å². The number of amides is 2. The highest BCUT2D eigenvalue weighted by Gasteiger charge is 2.30. The molecule has 0 aliphatic carbocycles. The molecule has 0 bridgehead atoms. The van der Waals surface area contributed by atoms with Gasteiger partial charge < -0.3 is 24.4 Å². The summed E-state index contributed by atoms with van der Waals surface area (Å²) in [4.78, 5) is 36.8. The number of carbonyl (C=O) groups is 2. The van der Waals surface area contributed by atoms with Gasteiger partial charge in [-0.1, -0.05) is 13.8 Å². The summed E-state index contributed by atoms with van der Waals surface area (Å²) in [5.74, 6) is 0.698. The van der Waals surface area contributed by atoms with Crippen molar-refractivity contribution in [3.63, 3.8) is 0 Å². The Balaban J connectivity index is 1.35. The number of benzene rings is 1. The number of fused-ring (bicyclic) bond motifs is 1. The van der Waals surface area contributed by atoms with E-state index in [0.717, 1.165) is 74.9 Å². The third-order valence-electron chi connectivity index (χ3n) is 9.47. The SMILES string of the molecule is Cc1cncc2c1c(C[C@@H]1CCN(CC3CCN(C(=O)C(C)C)CC3)C1)cn2-c1ccc(F)cc1C(=O)N(CCO)C(C)C. The van der Waals surface area contributed by atoms with Gasteiger partial charge in [-0.05, 0) is 94.2 Å². The molecule has 238 valence electrons. The standard InChI is InChI=1S/C35H48FN5O3/c1-23(2)34(43)39-12-9-26(10-13-39)20-38-11-8-27(21-38)16-28-22-41(32-19-37-18-25(5)33(28)32)31-7-6-29(36)17-30(31)35(44)40(14-15-42)24(3)4/h6-7,17-19,22-24,26-27,42H,8-16,20-21H2,1-5H3/t27-/m0/s1. The van der Waals surface area contributed by atoms with Crippen molar-refractivity contribution in [3.8, 4) is 5.69 Å². The van der Waals surface area contributed by atoms with Crippen LogP contribution in [0.15, 0.2) is 36.8 Å². The van der Waals surface area contributed by atoms with Crippen molar-refractivity contribution < 1.29 is 19.1 Å². The molecular weight excluding hydrogens is 557 g/mol. The third kappa shape index (κ3) is 6.84. The first-order chi connectivity index (χ1) is 21.1. The fraction of sp³-hybridized carbons (Fsp3) is 0.571. The van der Waals surface area contributed by atoms with E-state index in [2.05, 4.69) is 23.0 Å². The minimum Gasteiger partial charge on any atom is -0.395 e. The normalized spacial score (nSPS) is 18.2.